The van der Waals surface area contributed by atoms with Crippen LogP contribution >= 0.6 is 0 Å². The normalized spacial score (nSPS) is 15.6. The van der Waals surface area contributed by atoms with Gasteiger partial charge in [0.1, 0.15) is 5.76 Å². The first-order valence-corrected chi connectivity index (χ1v) is 8.51. The Morgan fingerprint density at radius 2 is 2.23 bits per heavy atom. The fourth-order valence-corrected chi connectivity index (χ4v) is 2.65. The number of nitrogens with zero attached hydrogens (tertiary/aromatic N) is 2. The summed E-state index contributed by atoms with van der Waals surface area (Å²) in [4.78, 5) is 7.25. The van der Waals surface area contributed by atoms with Gasteiger partial charge in [0.05, 0.1) is 12.8 Å². The molecule has 1 aromatic rings. The molecule has 0 spiro atoms. The lowest BCUT2D eigenvalue weighted by Gasteiger charge is -2.25. The molecule has 0 bridgehead atoms. The maximum absolute atomic E-state index is 5.34. The van der Waals surface area contributed by atoms with Gasteiger partial charge in [-0.1, -0.05) is 0 Å². The highest BCUT2D eigenvalue weighted by molar-refractivity contribution is 5.79. The number of furan rings is 1. The van der Waals surface area contributed by atoms with Crippen LogP contribution in [-0.4, -0.2) is 49.1 Å². The molecule has 1 fully saturated rings. The number of rotatable bonds is 9. The van der Waals surface area contributed by atoms with E-state index in [4.69, 9.17) is 4.42 Å². The molecule has 1 aromatic heterocycles. The van der Waals surface area contributed by atoms with Crippen LogP contribution in [0.3, 0.4) is 0 Å². The van der Waals surface area contributed by atoms with E-state index >= 15 is 0 Å². The van der Waals surface area contributed by atoms with Crippen molar-refractivity contribution in [2.75, 3.05) is 26.2 Å². The number of aliphatic imine (C=N–C) groups is 1. The first-order valence-electron chi connectivity index (χ1n) is 8.51. The molecule has 22 heavy (non-hydrogen) atoms. The average Bonchev–Trinajstić information content (AvgIpc) is 3.19. The minimum absolute atomic E-state index is 0.609. The predicted molar refractivity (Wildman–Crippen MR) is 91.3 cm³/mol. The molecular weight excluding hydrogens is 276 g/mol. The topological polar surface area (TPSA) is 52.8 Å². The van der Waals surface area contributed by atoms with Crippen molar-refractivity contribution in [2.45, 2.75) is 52.1 Å². The molecule has 0 saturated heterocycles. The van der Waals surface area contributed by atoms with Crippen molar-refractivity contribution in [1.82, 2.24) is 15.5 Å². The second-order valence-corrected chi connectivity index (χ2v) is 6.08. The maximum atomic E-state index is 5.34. The van der Waals surface area contributed by atoms with E-state index in [0.29, 0.717) is 6.04 Å². The monoisotopic (exact) mass is 306 g/mol. The Morgan fingerprint density at radius 1 is 1.41 bits per heavy atom. The zero-order valence-corrected chi connectivity index (χ0v) is 14.1. The summed E-state index contributed by atoms with van der Waals surface area (Å²) in [7, 11) is 0. The van der Waals surface area contributed by atoms with Crippen LogP contribution < -0.4 is 10.6 Å². The Morgan fingerprint density at radius 3 is 2.82 bits per heavy atom. The third kappa shape index (κ3) is 5.72. The molecule has 5 heteroatoms. The van der Waals surface area contributed by atoms with E-state index in [1.54, 1.807) is 6.26 Å². The fraction of sp³-hybridized carbons (Fsp3) is 0.706. The van der Waals surface area contributed by atoms with Gasteiger partial charge in [0.15, 0.2) is 5.96 Å². The SMILES string of the molecule is CCNC(=NCCN(C(C)C)C1CC1)NCCc1ccco1. The highest BCUT2D eigenvalue weighted by atomic mass is 16.3. The van der Waals surface area contributed by atoms with Gasteiger partial charge in [-0.15, -0.1) is 0 Å². The second-order valence-electron chi connectivity index (χ2n) is 6.08. The molecule has 0 aromatic carbocycles. The van der Waals surface area contributed by atoms with Gasteiger partial charge >= 0.3 is 0 Å². The van der Waals surface area contributed by atoms with Gasteiger partial charge in [0.2, 0.25) is 0 Å². The standard InChI is InChI=1S/C17H30N4O/c1-4-18-17(19-10-9-16-6-5-13-22-16)20-11-12-21(14(2)3)15-7-8-15/h5-6,13-15H,4,7-12H2,1-3H3,(H2,18,19,20). The summed E-state index contributed by atoms with van der Waals surface area (Å²) < 4.78 is 5.34. The minimum Gasteiger partial charge on any atom is -0.469 e. The van der Waals surface area contributed by atoms with Gasteiger partial charge in [0.25, 0.3) is 0 Å². The molecule has 2 rings (SSSR count). The molecule has 1 heterocycles. The molecule has 0 aliphatic heterocycles. The first-order chi connectivity index (χ1) is 10.7. The fourth-order valence-electron chi connectivity index (χ4n) is 2.65. The van der Waals surface area contributed by atoms with Crippen molar-refractivity contribution in [1.29, 1.82) is 0 Å². The average molecular weight is 306 g/mol. The molecular formula is C17H30N4O. The van der Waals surface area contributed by atoms with E-state index in [9.17, 15) is 0 Å². The number of hydrogen-bond acceptors (Lipinski definition) is 3. The summed E-state index contributed by atoms with van der Waals surface area (Å²) in [6.07, 6.45) is 5.29. The summed E-state index contributed by atoms with van der Waals surface area (Å²) in [5.74, 6) is 1.90. The highest BCUT2D eigenvalue weighted by Crippen LogP contribution is 2.28. The van der Waals surface area contributed by atoms with Crippen LogP contribution in [0.4, 0.5) is 0 Å². The third-order valence-corrected chi connectivity index (χ3v) is 3.90. The first kappa shape index (κ1) is 16.9. The number of nitrogens with one attached hydrogen (secondary N) is 2. The van der Waals surface area contributed by atoms with Gasteiger partial charge in [-0.25, -0.2) is 0 Å². The Kier molecular flexibility index (Phi) is 6.77. The Hall–Kier alpha value is -1.49. The van der Waals surface area contributed by atoms with Gasteiger partial charge < -0.3 is 15.1 Å². The summed E-state index contributed by atoms with van der Waals surface area (Å²) >= 11 is 0. The van der Waals surface area contributed by atoms with Crippen molar-refractivity contribution < 1.29 is 4.42 Å². The number of hydrogen-bond donors (Lipinski definition) is 2. The second kappa shape index (κ2) is 8.83. The van der Waals surface area contributed by atoms with E-state index in [1.165, 1.54) is 12.8 Å². The summed E-state index contributed by atoms with van der Waals surface area (Å²) in [6, 6.07) is 5.33. The zero-order chi connectivity index (χ0) is 15.8. The lowest BCUT2D eigenvalue weighted by atomic mass is 10.3. The maximum Gasteiger partial charge on any atom is 0.191 e. The van der Waals surface area contributed by atoms with Gasteiger partial charge in [-0.2, -0.15) is 0 Å². The smallest absolute Gasteiger partial charge is 0.191 e. The van der Waals surface area contributed by atoms with E-state index in [2.05, 4.69) is 41.3 Å². The van der Waals surface area contributed by atoms with Gasteiger partial charge in [-0.05, 0) is 45.7 Å². The summed E-state index contributed by atoms with van der Waals surface area (Å²) in [5, 5.41) is 6.67. The molecule has 1 aliphatic carbocycles. The van der Waals surface area contributed by atoms with Crippen LogP contribution in [0.1, 0.15) is 39.4 Å². The van der Waals surface area contributed by atoms with Gasteiger partial charge in [0, 0.05) is 38.1 Å². The predicted octanol–water partition coefficient (Wildman–Crippen LogP) is 2.25. The van der Waals surface area contributed by atoms with Crippen molar-refractivity contribution >= 4 is 5.96 Å². The van der Waals surface area contributed by atoms with Crippen molar-refractivity contribution in [3.05, 3.63) is 24.2 Å². The van der Waals surface area contributed by atoms with E-state index in [1.807, 2.05) is 12.1 Å². The molecule has 1 aliphatic rings. The largest absolute Gasteiger partial charge is 0.469 e. The van der Waals surface area contributed by atoms with Crippen molar-refractivity contribution in [3.8, 4) is 0 Å². The molecule has 1 saturated carbocycles. The number of guanidine groups is 1. The lowest BCUT2D eigenvalue weighted by Crippen LogP contribution is -2.40. The summed E-state index contributed by atoms with van der Waals surface area (Å²) in [6.45, 7) is 10.2. The molecule has 0 radical (unpaired) electrons. The molecule has 0 unspecified atom stereocenters. The molecule has 5 nitrogen and oxygen atoms in total. The van der Waals surface area contributed by atoms with Crippen LogP contribution in [0.25, 0.3) is 0 Å². The van der Waals surface area contributed by atoms with E-state index < -0.39 is 0 Å². The molecule has 0 amide bonds. The van der Waals surface area contributed by atoms with E-state index in [-0.39, 0.29) is 0 Å². The van der Waals surface area contributed by atoms with Crippen LogP contribution in [0.2, 0.25) is 0 Å². The quantitative estimate of drug-likeness (QED) is 0.543. The summed E-state index contributed by atoms with van der Waals surface area (Å²) in [5.41, 5.74) is 0. The van der Waals surface area contributed by atoms with Crippen LogP contribution in [-0.2, 0) is 6.42 Å². The van der Waals surface area contributed by atoms with Crippen LogP contribution in [0.15, 0.2) is 27.8 Å². The van der Waals surface area contributed by atoms with Crippen molar-refractivity contribution in [3.63, 3.8) is 0 Å². The Labute approximate surface area is 134 Å². The Bertz CT molecular complexity index is 436. The molecule has 2 N–H and O–H groups in total. The minimum atomic E-state index is 0.609. The van der Waals surface area contributed by atoms with Crippen LogP contribution in [0.5, 0.6) is 0 Å². The van der Waals surface area contributed by atoms with Gasteiger partial charge in [-0.3, -0.25) is 9.89 Å². The Balaban J connectivity index is 1.73. The zero-order valence-electron chi connectivity index (χ0n) is 14.1. The molecule has 124 valence electrons. The highest BCUT2D eigenvalue weighted by Gasteiger charge is 2.29. The third-order valence-electron chi connectivity index (χ3n) is 3.90. The van der Waals surface area contributed by atoms with E-state index in [0.717, 1.165) is 50.4 Å². The lowest BCUT2D eigenvalue weighted by molar-refractivity contribution is 0.218. The molecule has 0 atom stereocenters. The van der Waals surface area contributed by atoms with Crippen molar-refractivity contribution in [2.24, 2.45) is 4.99 Å². The van der Waals surface area contributed by atoms with Crippen LogP contribution in [0, 0.1) is 0 Å².